The second-order valence-electron chi connectivity index (χ2n) is 8.02. The molecule has 166 valence electrons. The monoisotopic (exact) mass is 524 g/mol. The molecule has 1 aliphatic heterocycles. The molecule has 1 aromatic heterocycles. The summed E-state index contributed by atoms with van der Waals surface area (Å²) in [5, 5.41) is 7.03. The Hall–Kier alpha value is -1.61. The fourth-order valence-electron chi connectivity index (χ4n) is 3.83. The molecule has 2 N–H and O–H groups in total. The number of likely N-dealkylation sites (tertiary alicyclic amines) is 1. The van der Waals surface area contributed by atoms with Crippen molar-refractivity contribution in [1.82, 2.24) is 25.1 Å². The van der Waals surface area contributed by atoms with E-state index in [4.69, 9.17) is 4.99 Å². The first-order valence-electron chi connectivity index (χ1n) is 11.0. The molecule has 1 aliphatic rings. The molecular formula is C23H37IN6. The number of nitrogens with one attached hydrogen (secondary N) is 2. The molecule has 1 saturated heterocycles. The maximum absolute atomic E-state index is 4.81. The predicted octanol–water partition coefficient (Wildman–Crippen LogP) is 3.52. The van der Waals surface area contributed by atoms with Crippen LogP contribution in [0.4, 0.5) is 0 Å². The number of imidazole rings is 1. The third-order valence-electron chi connectivity index (χ3n) is 5.55. The first-order valence-corrected chi connectivity index (χ1v) is 11.0. The van der Waals surface area contributed by atoms with Crippen LogP contribution >= 0.6 is 24.0 Å². The number of piperidine rings is 1. The summed E-state index contributed by atoms with van der Waals surface area (Å²) in [4.78, 5) is 11.9. The number of hydrogen-bond acceptors (Lipinski definition) is 3. The van der Waals surface area contributed by atoms with E-state index in [1.807, 2.05) is 6.20 Å². The molecule has 0 saturated carbocycles. The summed E-state index contributed by atoms with van der Waals surface area (Å²) in [5.41, 5.74) is 1.29. The maximum Gasteiger partial charge on any atom is 0.191 e. The second-order valence-corrected chi connectivity index (χ2v) is 8.02. The number of aliphatic imine (C=N–C) groups is 1. The third-order valence-corrected chi connectivity index (χ3v) is 5.55. The van der Waals surface area contributed by atoms with Gasteiger partial charge in [0.2, 0.25) is 0 Å². The van der Waals surface area contributed by atoms with E-state index in [9.17, 15) is 0 Å². The number of aromatic nitrogens is 2. The van der Waals surface area contributed by atoms with Crippen molar-refractivity contribution in [2.75, 3.05) is 26.2 Å². The SMILES string of the molecule is CCNC(=NCCc1nccn1Cc1ccccc1)NC1CCN(C(C)C)CC1.I. The van der Waals surface area contributed by atoms with Gasteiger partial charge in [0.15, 0.2) is 5.96 Å². The van der Waals surface area contributed by atoms with Crippen LogP contribution in [0.15, 0.2) is 47.7 Å². The fraction of sp³-hybridized carbons (Fsp3) is 0.565. The van der Waals surface area contributed by atoms with Crippen LogP contribution < -0.4 is 10.6 Å². The zero-order chi connectivity index (χ0) is 20.5. The zero-order valence-corrected chi connectivity index (χ0v) is 20.9. The molecule has 0 amide bonds. The van der Waals surface area contributed by atoms with Crippen LogP contribution in [-0.4, -0.2) is 58.7 Å². The van der Waals surface area contributed by atoms with E-state index >= 15 is 0 Å². The first kappa shape index (κ1) is 24.7. The summed E-state index contributed by atoms with van der Waals surface area (Å²) < 4.78 is 2.22. The minimum Gasteiger partial charge on any atom is -0.357 e. The molecule has 2 heterocycles. The van der Waals surface area contributed by atoms with Crippen molar-refractivity contribution in [3.05, 3.63) is 54.1 Å². The summed E-state index contributed by atoms with van der Waals surface area (Å²) in [6.45, 7) is 11.4. The molecule has 1 aromatic carbocycles. The van der Waals surface area contributed by atoms with Crippen LogP contribution in [-0.2, 0) is 13.0 Å². The van der Waals surface area contributed by atoms with Gasteiger partial charge in [-0.15, -0.1) is 24.0 Å². The predicted molar refractivity (Wildman–Crippen MR) is 136 cm³/mol. The molecule has 2 aromatic rings. The van der Waals surface area contributed by atoms with Crippen LogP contribution in [0.1, 0.15) is 45.0 Å². The van der Waals surface area contributed by atoms with Gasteiger partial charge in [0.1, 0.15) is 5.82 Å². The minimum atomic E-state index is 0. The van der Waals surface area contributed by atoms with Crippen molar-refractivity contribution in [3.63, 3.8) is 0 Å². The zero-order valence-electron chi connectivity index (χ0n) is 18.6. The summed E-state index contributed by atoms with van der Waals surface area (Å²) in [6, 6.07) is 11.7. The van der Waals surface area contributed by atoms with E-state index in [0.29, 0.717) is 12.1 Å². The number of rotatable bonds is 8. The Kier molecular flexibility index (Phi) is 10.6. The van der Waals surface area contributed by atoms with Crippen molar-refractivity contribution < 1.29 is 0 Å². The smallest absolute Gasteiger partial charge is 0.191 e. The first-order chi connectivity index (χ1) is 14.2. The van der Waals surface area contributed by atoms with Crippen LogP contribution in [0.2, 0.25) is 0 Å². The summed E-state index contributed by atoms with van der Waals surface area (Å²) in [6.07, 6.45) is 7.11. The van der Waals surface area contributed by atoms with Gasteiger partial charge in [0, 0.05) is 63.6 Å². The van der Waals surface area contributed by atoms with Crippen molar-refractivity contribution in [1.29, 1.82) is 0 Å². The van der Waals surface area contributed by atoms with Crippen molar-refractivity contribution in [2.24, 2.45) is 4.99 Å². The molecule has 6 nitrogen and oxygen atoms in total. The lowest BCUT2D eigenvalue weighted by atomic mass is 10.0. The number of halogens is 1. The second kappa shape index (κ2) is 12.9. The number of guanidine groups is 1. The average molecular weight is 524 g/mol. The molecule has 1 fully saturated rings. The molecule has 0 unspecified atom stereocenters. The number of nitrogens with zero attached hydrogens (tertiary/aromatic N) is 4. The minimum absolute atomic E-state index is 0. The van der Waals surface area contributed by atoms with E-state index < -0.39 is 0 Å². The highest BCUT2D eigenvalue weighted by molar-refractivity contribution is 14.0. The van der Waals surface area contributed by atoms with Crippen molar-refractivity contribution in [2.45, 2.75) is 58.7 Å². The topological polar surface area (TPSA) is 57.5 Å². The van der Waals surface area contributed by atoms with Gasteiger partial charge in [0.05, 0.1) is 0 Å². The Balaban J connectivity index is 0.00000320. The Bertz CT molecular complexity index is 750. The summed E-state index contributed by atoms with van der Waals surface area (Å²) in [5.74, 6) is 2.01. The van der Waals surface area contributed by atoms with Gasteiger partial charge in [-0.1, -0.05) is 30.3 Å². The molecule has 0 atom stereocenters. The Morgan fingerprint density at radius 2 is 1.93 bits per heavy atom. The molecule has 0 aliphatic carbocycles. The van der Waals surface area contributed by atoms with E-state index in [1.54, 1.807) is 0 Å². The van der Waals surface area contributed by atoms with Crippen LogP contribution in [0.5, 0.6) is 0 Å². The average Bonchev–Trinajstić information content (AvgIpc) is 3.16. The molecule has 30 heavy (non-hydrogen) atoms. The number of hydrogen-bond donors (Lipinski definition) is 2. The van der Waals surface area contributed by atoms with E-state index in [0.717, 1.165) is 50.9 Å². The van der Waals surface area contributed by atoms with Gasteiger partial charge >= 0.3 is 0 Å². The van der Waals surface area contributed by atoms with Gasteiger partial charge in [-0.25, -0.2) is 4.98 Å². The lowest BCUT2D eigenvalue weighted by Crippen LogP contribution is -2.49. The molecule has 0 radical (unpaired) electrons. The van der Waals surface area contributed by atoms with Crippen molar-refractivity contribution >= 4 is 29.9 Å². The van der Waals surface area contributed by atoms with E-state index in [1.165, 1.54) is 18.4 Å². The van der Waals surface area contributed by atoms with E-state index in [2.05, 4.69) is 82.4 Å². The maximum atomic E-state index is 4.81. The number of benzene rings is 1. The van der Waals surface area contributed by atoms with Crippen molar-refractivity contribution in [3.8, 4) is 0 Å². The lowest BCUT2D eigenvalue weighted by Gasteiger charge is -2.35. The molecule has 0 bridgehead atoms. The van der Waals surface area contributed by atoms with Crippen LogP contribution in [0.25, 0.3) is 0 Å². The fourth-order valence-corrected chi connectivity index (χ4v) is 3.83. The molecule has 7 heteroatoms. The van der Waals surface area contributed by atoms with Gasteiger partial charge < -0.3 is 20.1 Å². The largest absolute Gasteiger partial charge is 0.357 e. The highest BCUT2D eigenvalue weighted by atomic mass is 127. The normalized spacial score (nSPS) is 15.8. The summed E-state index contributed by atoms with van der Waals surface area (Å²) in [7, 11) is 0. The Labute approximate surface area is 198 Å². The molecule has 0 spiro atoms. The molecular weight excluding hydrogens is 487 g/mol. The van der Waals surface area contributed by atoms with E-state index in [-0.39, 0.29) is 24.0 Å². The Morgan fingerprint density at radius 1 is 1.20 bits per heavy atom. The highest BCUT2D eigenvalue weighted by Gasteiger charge is 2.21. The quantitative estimate of drug-likeness (QED) is 0.315. The van der Waals surface area contributed by atoms with Gasteiger partial charge in [-0.05, 0) is 39.2 Å². The van der Waals surface area contributed by atoms with Gasteiger partial charge in [0.25, 0.3) is 0 Å². The Morgan fingerprint density at radius 3 is 2.60 bits per heavy atom. The summed E-state index contributed by atoms with van der Waals surface area (Å²) >= 11 is 0. The highest BCUT2D eigenvalue weighted by Crippen LogP contribution is 2.13. The lowest BCUT2D eigenvalue weighted by molar-refractivity contribution is 0.167. The van der Waals surface area contributed by atoms with Gasteiger partial charge in [-0.2, -0.15) is 0 Å². The van der Waals surface area contributed by atoms with Crippen LogP contribution in [0, 0.1) is 0 Å². The molecule has 3 rings (SSSR count). The van der Waals surface area contributed by atoms with Gasteiger partial charge in [-0.3, -0.25) is 4.99 Å². The van der Waals surface area contributed by atoms with Crippen LogP contribution in [0.3, 0.4) is 0 Å². The standard InChI is InChI=1S/C23H36N6.HI/c1-4-24-23(27-21-11-15-28(16-12-21)19(2)3)26-13-10-22-25-14-17-29(22)18-20-8-6-5-7-9-20;/h5-9,14,17,19,21H,4,10-13,15-16,18H2,1-3H3,(H2,24,26,27);1H. The third kappa shape index (κ3) is 7.58.